The lowest BCUT2D eigenvalue weighted by atomic mass is 10.3. The summed E-state index contributed by atoms with van der Waals surface area (Å²) in [6.45, 7) is 6.19. The van der Waals surface area contributed by atoms with Crippen LogP contribution in [0.1, 0.15) is 24.4 Å². The number of carbonyl (C=O) groups excluding carboxylic acids is 1. The number of rotatable bonds is 4. The minimum absolute atomic E-state index is 0.435. The van der Waals surface area contributed by atoms with Crippen LogP contribution in [0.15, 0.2) is 0 Å². The second kappa shape index (κ2) is 4.55. The third-order valence-corrected chi connectivity index (χ3v) is 3.50. The van der Waals surface area contributed by atoms with E-state index < -0.39 is 0 Å². The third kappa shape index (κ3) is 2.32. The molecule has 1 rings (SSSR count). The Kier molecular flexibility index (Phi) is 3.63. The number of hydrogen-bond acceptors (Lipinski definition) is 4. The second-order valence-corrected chi connectivity index (χ2v) is 4.64. The molecule has 0 atom stereocenters. The fourth-order valence-electron chi connectivity index (χ4n) is 1.05. The molecule has 14 heavy (non-hydrogen) atoms. The zero-order valence-electron chi connectivity index (χ0n) is 9.07. The summed E-state index contributed by atoms with van der Waals surface area (Å²) in [7, 11) is 2.02. The number of aromatic nitrogens is 1. The van der Waals surface area contributed by atoms with Gasteiger partial charge in [0.05, 0.1) is 5.69 Å². The van der Waals surface area contributed by atoms with Crippen molar-refractivity contribution in [3.05, 3.63) is 10.6 Å². The maximum atomic E-state index is 10.4. The normalized spacial score (nSPS) is 10.6. The van der Waals surface area contributed by atoms with Crippen LogP contribution in [0.5, 0.6) is 0 Å². The molecular formula is C10H16N2OS. The second-order valence-electron chi connectivity index (χ2n) is 3.58. The Balaban J connectivity index is 2.89. The first-order valence-electron chi connectivity index (χ1n) is 4.69. The van der Waals surface area contributed by atoms with Crippen LogP contribution in [0.3, 0.4) is 0 Å². The van der Waals surface area contributed by atoms with Gasteiger partial charge in [0, 0.05) is 24.4 Å². The fraction of sp³-hybridized carbons (Fsp3) is 0.600. The molecule has 0 saturated carbocycles. The van der Waals surface area contributed by atoms with Crippen molar-refractivity contribution in [3.8, 4) is 0 Å². The highest BCUT2D eigenvalue weighted by molar-refractivity contribution is 7.15. The molecule has 0 N–H and O–H groups in total. The molecule has 0 fully saturated rings. The van der Waals surface area contributed by atoms with E-state index in [2.05, 4.69) is 23.7 Å². The number of aldehydes is 1. The van der Waals surface area contributed by atoms with Crippen molar-refractivity contribution in [3.63, 3.8) is 0 Å². The molecule has 78 valence electrons. The fourth-order valence-corrected chi connectivity index (χ4v) is 2.15. The van der Waals surface area contributed by atoms with Gasteiger partial charge in [0.1, 0.15) is 6.29 Å². The van der Waals surface area contributed by atoms with Gasteiger partial charge in [0.2, 0.25) is 0 Å². The molecule has 1 heterocycles. The quantitative estimate of drug-likeness (QED) is 0.716. The van der Waals surface area contributed by atoms with Gasteiger partial charge in [-0.1, -0.05) is 0 Å². The van der Waals surface area contributed by atoms with E-state index in [1.54, 1.807) is 11.3 Å². The van der Waals surface area contributed by atoms with E-state index in [-0.39, 0.29) is 0 Å². The van der Waals surface area contributed by atoms with Crippen molar-refractivity contribution in [1.29, 1.82) is 0 Å². The summed E-state index contributed by atoms with van der Waals surface area (Å²) < 4.78 is 0. The third-order valence-electron chi connectivity index (χ3n) is 2.23. The molecule has 0 aliphatic rings. The lowest BCUT2D eigenvalue weighted by Crippen LogP contribution is -2.25. The van der Waals surface area contributed by atoms with Gasteiger partial charge in [-0.2, -0.15) is 0 Å². The molecule has 0 aliphatic heterocycles. The van der Waals surface area contributed by atoms with Gasteiger partial charge in [-0.3, -0.25) is 0 Å². The van der Waals surface area contributed by atoms with Gasteiger partial charge >= 0.3 is 0 Å². The van der Waals surface area contributed by atoms with Gasteiger partial charge in [-0.05, 0) is 20.8 Å². The van der Waals surface area contributed by atoms with Gasteiger partial charge in [0.25, 0.3) is 0 Å². The maximum absolute atomic E-state index is 10.4. The Morgan fingerprint density at radius 3 is 2.71 bits per heavy atom. The van der Waals surface area contributed by atoms with Crippen LogP contribution in [0.2, 0.25) is 0 Å². The molecule has 0 amide bonds. The van der Waals surface area contributed by atoms with Crippen LogP contribution >= 0.6 is 11.3 Å². The van der Waals surface area contributed by atoms with Crippen molar-refractivity contribution >= 4 is 22.8 Å². The summed E-state index contributed by atoms with van der Waals surface area (Å²) in [6.07, 6.45) is 1.41. The van der Waals surface area contributed by atoms with E-state index in [1.807, 2.05) is 14.0 Å². The molecule has 0 radical (unpaired) electrons. The topological polar surface area (TPSA) is 33.2 Å². The number of hydrogen-bond donors (Lipinski definition) is 0. The summed E-state index contributed by atoms with van der Waals surface area (Å²) in [6, 6.07) is 0.435. The van der Waals surface area contributed by atoms with Gasteiger partial charge in [-0.25, -0.2) is 4.98 Å². The zero-order chi connectivity index (χ0) is 10.7. The van der Waals surface area contributed by atoms with Crippen LogP contribution in [-0.4, -0.2) is 24.4 Å². The molecule has 4 heteroatoms. The first-order chi connectivity index (χ1) is 6.56. The molecule has 0 unspecified atom stereocenters. The van der Waals surface area contributed by atoms with Crippen molar-refractivity contribution in [1.82, 2.24) is 4.98 Å². The SMILES string of the molecule is Cc1nc(N(C)C(C)C)sc1CC=O. The minimum Gasteiger partial charge on any atom is -0.349 e. The standard InChI is InChI=1S/C10H16N2OS/c1-7(2)12(4)10-11-8(3)9(14-10)5-6-13/h6-7H,5H2,1-4H3. The molecule has 1 aromatic heterocycles. The minimum atomic E-state index is 0.435. The van der Waals surface area contributed by atoms with Gasteiger partial charge in [0.15, 0.2) is 5.13 Å². The van der Waals surface area contributed by atoms with Crippen LogP contribution < -0.4 is 4.90 Å². The summed E-state index contributed by atoms with van der Waals surface area (Å²) in [5.41, 5.74) is 0.976. The van der Waals surface area contributed by atoms with Crippen LogP contribution in [-0.2, 0) is 11.2 Å². The van der Waals surface area contributed by atoms with E-state index in [9.17, 15) is 4.79 Å². The molecule has 1 aromatic rings. The average molecular weight is 212 g/mol. The molecular weight excluding hydrogens is 196 g/mol. The van der Waals surface area contributed by atoms with Crippen LogP contribution in [0.4, 0.5) is 5.13 Å². The van der Waals surface area contributed by atoms with Crippen molar-refractivity contribution in [2.45, 2.75) is 33.2 Å². The van der Waals surface area contributed by atoms with E-state index in [0.717, 1.165) is 22.0 Å². The summed E-state index contributed by atoms with van der Waals surface area (Å²) in [5, 5.41) is 0.995. The molecule has 3 nitrogen and oxygen atoms in total. The van der Waals surface area contributed by atoms with Gasteiger partial charge < -0.3 is 9.69 Å². The number of nitrogens with zero attached hydrogens (tertiary/aromatic N) is 2. The Hall–Kier alpha value is -0.900. The number of anilines is 1. The summed E-state index contributed by atoms with van der Waals surface area (Å²) in [4.78, 5) is 18.0. The Morgan fingerprint density at radius 1 is 1.57 bits per heavy atom. The smallest absolute Gasteiger partial charge is 0.185 e. The highest BCUT2D eigenvalue weighted by Gasteiger charge is 2.12. The number of carbonyl (C=O) groups is 1. The van der Waals surface area contributed by atoms with Crippen LogP contribution in [0.25, 0.3) is 0 Å². The maximum Gasteiger partial charge on any atom is 0.185 e. The lowest BCUT2D eigenvalue weighted by Gasteiger charge is -2.19. The Labute approximate surface area is 88.8 Å². The summed E-state index contributed by atoms with van der Waals surface area (Å²) >= 11 is 1.60. The van der Waals surface area contributed by atoms with E-state index in [4.69, 9.17) is 0 Å². The first kappa shape index (κ1) is 11.2. The van der Waals surface area contributed by atoms with Crippen LogP contribution in [0, 0.1) is 6.92 Å². The monoisotopic (exact) mass is 212 g/mol. The van der Waals surface area contributed by atoms with Crippen molar-refractivity contribution < 1.29 is 4.79 Å². The molecule has 0 aromatic carbocycles. The predicted molar refractivity (Wildman–Crippen MR) is 60.2 cm³/mol. The molecule has 0 aliphatic carbocycles. The lowest BCUT2D eigenvalue weighted by molar-refractivity contribution is -0.107. The molecule has 0 spiro atoms. The highest BCUT2D eigenvalue weighted by atomic mass is 32.1. The zero-order valence-corrected chi connectivity index (χ0v) is 9.89. The Morgan fingerprint density at radius 2 is 2.21 bits per heavy atom. The number of thiazole rings is 1. The molecule has 0 saturated heterocycles. The first-order valence-corrected chi connectivity index (χ1v) is 5.50. The van der Waals surface area contributed by atoms with E-state index in [1.165, 1.54) is 0 Å². The highest BCUT2D eigenvalue weighted by Crippen LogP contribution is 2.26. The van der Waals surface area contributed by atoms with E-state index >= 15 is 0 Å². The predicted octanol–water partition coefficient (Wildman–Crippen LogP) is 2.04. The Bertz CT molecular complexity index is 320. The van der Waals surface area contributed by atoms with Crippen molar-refractivity contribution in [2.24, 2.45) is 0 Å². The van der Waals surface area contributed by atoms with E-state index in [0.29, 0.717) is 12.5 Å². The van der Waals surface area contributed by atoms with Gasteiger partial charge in [-0.15, -0.1) is 11.3 Å². The largest absolute Gasteiger partial charge is 0.349 e. The summed E-state index contributed by atoms with van der Waals surface area (Å²) in [5.74, 6) is 0. The average Bonchev–Trinajstić information content (AvgIpc) is 2.47. The molecule has 0 bridgehead atoms. The number of aryl methyl sites for hydroxylation is 1. The van der Waals surface area contributed by atoms with Crippen molar-refractivity contribution in [2.75, 3.05) is 11.9 Å².